The van der Waals surface area contributed by atoms with Crippen LogP contribution in [0.2, 0.25) is 0 Å². The Balaban J connectivity index is 1.65. The molecule has 3 heteroatoms. The Labute approximate surface area is 79.0 Å². The lowest BCUT2D eigenvalue weighted by Gasteiger charge is -2.41. The van der Waals surface area contributed by atoms with Gasteiger partial charge >= 0.3 is 0 Å². The van der Waals surface area contributed by atoms with Crippen molar-refractivity contribution in [1.29, 1.82) is 0 Å². The molecule has 0 spiro atoms. The van der Waals surface area contributed by atoms with Gasteiger partial charge in [-0.25, -0.2) is 0 Å². The van der Waals surface area contributed by atoms with Gasteiger partial charge in [0, 0.05) is 19.7 Å². The third-order valence-electron chi connectivity index (χ3n) is 3.91. The van der Waals surface area contributed by atoms with E-state index in [4.69, 9.17) is 9.47 Å². The van der Waals surface area contributed by atoms with Crippen molar-refractivity contribution in [3.8, 4) is 0 Å². The van der Waals surface area contributed by atoms with Gasteiger partial charge in [-0.1, -0.05) is 0 Å². The van der Waals surface area contributed by atoms with Crippen molar-refractivity contribution < 1.29 is 9.47 Å². The van der Waals surface area contributed by atoms with Gasteiger partial charge in [0.05, 0.1) is 25.4 Å². The second kappa shape index (κ2) is 2.94. The van der Waals surface area contributed by atoms with Crippen molar-refractivity contribution in [2.45, 2.75) is 31.0 Å². The van der Waals surface area contributed by atoms with Gasteiger partial charge in [0.25, 0.3) is 0 Å². The molecule has 0 radical (unpaired) electrons. The number of hydrogen-bond donors (Lipinski definition) is 0. The van der Waals surface area contributed by atoms with E-state index in [1.807, 2.05) is 7.11 Å². The Hall–Kier alpha value is -0.120. The summed E-state index contributed by atoms with van der Waals surface area (Å²) in [5, 5.41) is 0. The normalized spacial score (nSPS) is 45.5. The lowest BCUT2D eigenvalue weighted by atomic mass is 10.0. The third kappa shape index (κ3) is 1.14. The van der Waals surface area contributed by atoms with Gasteiger partial charge in [-0.05, 0) is 18.8 Å². The number of rotatable bonds is 2. The second-order valence-corrected chi connectivity index (χ2v) is 4.55. The van der Waals surface area contributed by atoms with Crippen molar-refractivity contribution in [2.24, 2.45) is 5.92 Å². The van der Waals surface area contributed by atoms with Crippen LogP contribution in [0, 0.1) is 5.92 Å². The number of nitrogens with zero attached hydrogens (tertiary/aromatic N) is 1. The number of likely N-dealkylation sites (tertiary alicyclic amines) is 1. The molecule has 1 aliphatic carbocycles. The predicted octanol–water partition coefficient (Wildman–Crippen LogP) is 0.494. The quantitative estimate of drug-likeness (QED) is 0.622. The van der Waals surface area contributed by atoms with E-state index in [-0.39, 0.29) is 0 Å². The fraction of sp³-hybridized carbons (Fsp3) is 1.00. The van der Waals surface area contributed by atoms with E-state index in [1.165, 1.54) is 19.4 Å². The highest BCUT2D eigenvalue weighted by Crippen LogP contribution is 2.41. The van der Waals surface area contributed by atoms with Gasteiger partial charge in [-0.2, -0.15) is 0 Å². The summed E-state index contributed by atoms with van der Waals surface area (Å²) >= 11 is 0. The topological polar surface area (TPSA) is 21.7 Å². The first-order valence-electron chi connectivity index (χ1n) is 5.24. The van der Waals surface area contributed by atoms with Crippen molar-refractivity contribution >= 4 is 0 Å². The van der Waals surface area contributed by atoms with Gasteiger partial charge < -0.3 is 9.47 Å². The van der Waals surface area contributed by atoms with E-state index in [1.54, 1.807) is 0 Å². The summed E-state index contributed by atoms with van der Waals surface area (Å²) in [6, 6.07) is 1.52. The maximum atomic E-state index is 5.47. The highest BCUT2D eigenvalue weighted by atomic mass is 16.5. The molecular weight excluding hydrogens is 166 g/mol. The molecule has 3 unspecified atom stereocenters. The Morgan fingerprint density at radius 1 is 1.23 bits per heavy atom. The Bertz CT molecular complexity index is 205. The Morgan fingerprint density at radius 3 is 2.54 bits per heavy atom. The average molecular weight is 183 g/mol. The summed E-state index contributed by atoms with van der Waals surface area (Å²) in [6.45, 7) is 3.17. The lowest BCUT2D eigenvalue weighted by Crippen LogP contribution is -2.53. The summed E-state index contributed by atoms with van der Waals surface area (Å²) in [4.78, 5) is 2.64. The summed E-state index contributed by atoms with van der Waals surface area (Å²) in [7, 11) is 1.85. The Kier molecular flexibility index (Phi) is 1.86. The molecule has 3 atom stereocenters. The van der Waals surface area contributed by atoms with E-state index in [0.717, 1.165) is 31.2 Å². The molecule has 0 aromatic rings. The maximum absolute atomic E-state index is 5.47. The molecule has 0 amide bonds. The fourth-order valence-corrected chi connectivity index (χ4v) is 3.09. The molecule has 2 saturated heterocycles. The van der Waals surface area contributed by atoms with E-state index >= 15 is 0 Å². The minimum atomic E-state index is 0.544. The highest BCUT2D eigenvalue weighted by molar-refractivity contribution is 5.01. The minimum absolute atomic E-state index is 0.544. The first-order valence-corrected chi connectivity index (χ1v) is 5.24. The number of methoxy groups -OCH3 is 1. The summed E-state index contributed by atoms with van der Waals surface area (Å²) in [5.41, 5.74) is 0. The molecule has 3 rings (SSSR count). The van der Waals surface area contributed by atoms with Crippen molar-refractivity contribution in [3.05, 3.63) is 0 Å². The van der Waals surface area contributed by atoms with Gasteiger partial charge in [-0.15, -0.1) is 0 Å². The largest absolute Gasteiger partial charge is 0.381 e. The first kappa shape index (κ1) is 8.21. The molecule has 3 nitrogen and oxygen atoms in total. The van der Waals surface area contributed by atoms with Crippen LogP contribution in [0.15, 0.2) is 0 Å². The molecule has 2 heterocycles. The smallest absolute Gasteiger partial charge is 0.0645 e. The summed E-state index contributed by atoms with van der Waals surface area (Å²) in [5.74, 6) is 0.801. The summed E-state index contributed by atoms with van der Waals surface area (Å²) < 4.78 is 10.7. The van der Waals surface area contributed by atoms with Crippen LogP contribution in [0.25, 0.3) is 0 Å². The average Bonchev–Trinajstić information content (AvgIpc) is 2.59. The molecule has 3 aliphatic rings. The van der Waals surface area contributed by atoms with Crippen LogP contribution in [-0.2, 0) is 9.47 Å². The molecule has 1 saturated carbocycles. The SMILES string of the molecule is COC1CC2CC1CN2C1COC1. The van der Waals surface area contributed by atoms with Crippen LogP contribution >= 0.6 is 0 Å². The number of fused-ring (bicyclic) bond motifs is 2. The number of piperidine rings is 1. The molecular formula is C10H17NO2. The molecule has 13 heavy (non-hydrogen) atoms. The van der Waals surface area contributed by atoms with Crippen LogP contribution in [0.5, 0.6) is 0 Å². The molecule has 2 bridgehead atoms. The van der Waals surface area contributed by atoms with Crippen molar-refractivity contribution in [2.75, 3.05) is 26.9 Å². The zero-order chi connectivity index (χ0) is 8.84. The van der Waals surface area contributed by atoms with Gasteiger partial charge in [0.1, 0.15) is 0 Å². The molecule has 2 aliphatic heterocycles. The van der Waals surface area contributed by atoms with Crippen LogP contribution in [0.3, 0.4) is 0 Å². The highest BCUT2D eigenvalue weighted by Gasteiger charge is 2.48. The van der Waals surface area contributed by atoms with Crippen LogP contribution in [0.1, 0.15) is 12.8 Å². The van der Waals surface area contributed by atoms with Gasteiger partial charge in [0.2, 0.25) is 0 Å². The van der Waals surface area contributed by atoms with Crippen LogP contribution in [-0.4, -0.2) is 50.0 Å². The molecule has 0 N–H and O–H groups in total. The van der Waals surface area contributed by atoms with E-state index in [0.29, 0.717) is 6.10 Å². The van der Waals surface area contributed by atoms with Crippen LogP contribution in [0.4, 0.5) is 0 Å². The molecule has 0 aromatic heterocycles. The third-order valence-corrected chi connectivity index (χ3v) is 3.91. The molecule has 74 valence electrons. The zero-order valence-corrected chi connectivity index (χ0v) is 8.11. The number of hydrogen-bond acceptors (Lipinski definition) is 3. The minimum Gasteiger partial charge on any atom is -0.381 e. The standard InChI is InChI=1S/C10H17NO2/c1-12-10-3-8-2-7(10)4-11(8)9-5-13-6-9/h7-10H,2-6H2,1H3. The van der Waals surface area contributed by atoms with E-state index in [9.17, 15) is 0 Å². The predicted molar refractivity (Wildman–Crippen MR) is 48.6 cm³/mol. The molecule has 0 aromatic carbocycles. The van der Waals surface area contributed by atoms with E-state index in [2.05, 4.69) is 4.90 Å². The number of ether oxygens (including phenoxy) is 2. The van der Waals surface area contributed by atoms with E-state index < -0.39 is 0 Å². The van der Waals surface area contributed by atoms with Crippen LogP contribution < -0.4 is 0 Å². The van der Waals surface area contributed by atoms with Crippen molar-refractivity contribution in [1.82, 2.24) is 4.90 Å². The summed E-state index contributed by atoms with van der Waals surface area (Å²) in [6.07, 6.45) is 3.15. The van der Waals surface area contributed by atoms with Gasteiger partial charge in [-0.3, -0.25) is 4.90 Å². The monoisotopic (exact) mass is 183 g/mol. The maximum Gasteiger partial charge on any atom is 0.0645 e. The van der Waals surface area contributed by atoms with Crippen molar-refractivity contribution in [3.63, 3.8) is 0 Å². The molecule has 3 fully saturated rings. The zero-order valence-electron chi connectivity index (χ0n) is 8.11. The van der Waals surface area contributed by atoms with Gasteiger partial charge in [0.15, 0.2) is 0 Å². The fourth-order valence-electron chi connectivity index (χ4n) is 3.09. The lowest BCUT2D eigenvalue weighted by molar-refractivity contribution is -0.0860. The second-order valence-electron chi connectivity index (χ2n) is 4.55. The Morgan fingerprint density at radius 2 is 2.08 bits per heavy atom. The first-order chi connectivity index (χ1) is 6.38.